The first-order valence-electron chi connectivity index (χ1n) is 5.77. The highest BCUT2D eigenvalue weighted by atomic mass is 16.3. The highest BCUT2D eigenvalue weighted by Crippen LogP contribution is 2.10. The third kappa shape index (κ3) is 3.81. The summed E-state index contributed by atoms with van der Waals surface area (Å²) in [5.74, 6) is 1.14. The van der Waals surface area contributed by atoms with E-state index in [-0.39, 0.29) is 5.78 Å². The summed E-state index contributed by atoms with van der Waals surface area (Å²) in [6.45, 7) is 6.95. The van der Waals surface area contributed by atoms with E-state index in [4.69, 9.17) is 4.42 Å². The molecular weight excluding hydrogens is 202 g/mol. The SMILES string of the molecule is CC(C)CC(C)N(C)CC(=O)c1ccco1. The zero-order chi connectivity index (χ0) is 12.1. The van der Waals surface area contributed by atoms with Gasteiger partial charge in [0.15, 0.2) is 5.76 Å². The molecule has 1 unspecified atom stereocenters. The van der Waals surface area contributed by atoms with Crippen LogP contribution in [0.1, 0.15) is 37.7 Å². The fourth-order valence-corrected chi connectivity index (χ4v) is 1.76. The van der Waals surface area contributed by atoms with Crippen LogP contribution in [0.4, 0.5) is 0 Å². The molecule has 1 aromatic heterocycles. The Labute approximate surface area is 97.4 Å². The standard InChI is InChI=1S/C13H21NO2/c1-10(2)8-11(3)14(4)9-12(15)13-6-5-7-16-13/h5-7,10-11H,8-9H2,1-4H3. The highest BCUT2D eigenvalue weighted by molar-refractivity contribution is 5.94. The zero-order valence-corrected chi connectivity index (χ0v) is 10.6. The van der Waals surface area contributed by atoms with Crippen LogP contribution in [0.5, 0.6) is 0 Å². The van der Waals surface area contributed by atoms with Crippen molar-refractivity contribution in [3.05, 3.63) is 24.2 Å². The van der Waals surface area contributed by atoms with Crippen LogP contribution in [0, 0.1) is 5.92 Å². The van der Waals surface area contributed by atoms with Gasteiger partial charge < -0.3 is 4.42 Å². The average Bonchev–Trinajstić information content (AvgIpc) is 2.68. The number of rotatable bonds is 6. The molecule has 0 N–H and O–H groups in total. The molecule has 1 aromatic rings. The van der Waals surface area contributed by atoms with Gasteiger partial charge in [0.2, 0.25) is 5.78 Å². The van der Waals surface area contributed by atoms with Gasteiger partial charge in [0.05, 0.1) is 12.8 Å². The number of hydrogen-bond donors (Lipinski definition) is 0. The van der Waals surface area contributed by atoms with Crippen LogP contribution in [0.15, 0.2) is 22.8 Å². The summed E-state index contributed by atoms with van der Waals surface area (Å²) in [5, 5.41) is 0. The summed E-state index contributed by atoms with van der Waals surface area (Å²) in [6.07, 6.45) is 2.63. The molecule has 3 heteroatoms. The van der Waals surface area contributed by atoms with Crippen LogP contribution in [-0.2, 0) is 0 Å². The van der Waals surface area contributed by atoms with Gasteiger partial charge in [0.1, 0.15) is 0 Å². The Morgan fingerprint density at radius 1 is 1.44 bits per heavy atom. The van der Waals surface area contributed by atoms with Crippen molar-refractivity contribution in [2.75, 3.05) is 13.6 Å². The van der Waals surface area contributed by atoms with Gasteiger partial charge in [-0.1, -0.05) is 13.8 Å². The summed E-state index contributed by atoms with van der Waals surface area (Å²) in [6, 6.07) is 3.87. The molecular formula is C13H21NO2. The van der Waals surface area contributed by atoms with E-state index in [1.54, 1.807) is 12.1 Å². The van der Waals surface area contributed by atoms with Crippen molar-refractivity contribution < 1.29 is 9.21 Å². The van der Waals surface area contributed by atoms with Crippen LogP contribution in [0.25, 0.3) is 0 Å². The monoisotopic (exact) mass is 223 g/mol. The van der Waals surface area contributed by atoms with Crippen LogP contribution in [-0.4, -0.2) is 30.3 Å². The van der Waals surface area contributed by atoms with E-state index < -0.39 is 0 Å². The molecule has 0 aliphatic heterocycles. The fourth-order valence-electron chi connectivity index (χ4n) is 1.76. The molecule has 0 bridgehead atoms. The Morgan fingerprint density at radius 2 is 2.12 bits per heavy atom. The van der Waals surface area contributed by atoms with Gasteiger partial charge in [0, 0.05) is 6.04 Å². The minimum atomic E-state index is 0.0445. The van der Waals surface area contributed by atoms with E-state index in [2.05, 4.69) is 25.7 Å². The van der Waals surface area contributed by atoms with E-state index in [1.165, 1.54) is 6.26 Å². The maximum atomic E-state index is 11.8. The zero-order valence-electron chi connectivity index (χ0n) is 10.6. The van der Waals surface area contributed by atoms with Gasteiger partial charge in [-0.3, -0.25) is 9.69 Å². The van der Waals surface area contributed by atoms with Gasteiger partial charge in [-0.25, -0.2) is 0 Å². The topological polar surface area (TPSA) is 33.5 Å². The second-order valence-corrected chi connectivity index (χ2v) is 4.79. The van der Waals surface area contributed by atoms with Gasteiger partial charge in [-0.2, -0.15) is 0 Å². The third-order valence-corrected chi connectivity index (χ3v) is 2.75. The number of likely N-dealkylation sites (N-methyl/N-ethyl adjacent to an activating group) is 1. The predicted octanol–water partition coefficient (Wildman–Crippen LogP) is 2.83. The first-order chi connectivity index (χ1) is 7.50. The van der Waals surface area contributed by atoms with E-state index in [1.807, 2.05) is 7.05 Å². The second kappa shape index (κ2) is 5.85. The molecule has 0 aromatic carbocycles. The molecule has 0 aliphatic rings. The Balaban J connectivity index is 2.45. The molecule has 0 amide bonds. The maximum Gasteiger partial charge on any atom is 0.211 e. The molecule has 0 fully saturated rings. The molecule has 0 spiro atoms. The largest absolute Gasteiger partial charge is 0.461 e. The third-order valence-electron chi connectivity index (χ3n) is 2.75. The maximum absolute atomic E-state index is 11.8. The number of carbonyl (C=O) groups is 1. The molecule has 90 valence electrons. The second-order valence-electron chi connectivity index (χ2n) is 4.79. The van der Waals surface area contributed by atoms with Crippen molar-refractivity contribution in [3.8, 4) is 0 Å². The summed E-state index contributed by atoms with van der Waals surface area (Å²) >= 11 is 0. The lowest BCUT2D eigenvalue weighted by Crippen LogP contribution is -2.34. The van der Waals surface area contributed by atoms with Crippen LogP contribution >= 0.6 is 0 Å². The van der Waals surface area contributed by atoms with Gasteiger partial charge in [0.25, 0.3) is 0 Å². The number of hydrogen-bond acceptors (Lipinski definition) is 3. The Bertz CT molecular complexity index is 317. The number of Topliss-reactive ketones (excluding diaryl/α,β-unsaturated/α-hetero) is 1. The van der Waals surface area contributed by atoms with Crippen LogP contribution < -0.4 is 0 Å². The van der Waals surface area contributed by atoms with Crippen molar-refractivity contribution in [2.24, 2.45) is 5.92 Å². The molecule has 0 saturated carbocycles. The van der Waals surface area contributed by atoms with Crippen LogP contribution in [0.3, 0.4) is 0 Å². The summed E-state index contributed by atoms with van der Waals surface area (Å²) in [7, 11) is 1.98. The quantitative estimate of drug-likeness (QED) is 0.695. The molecule has 1 atom stereocenters. The van der Waals surface area contributed by atoms with Crippen molar-refractivity contribution >= 4 is 5.78 Å². The summed E-state index contributed by atoms with van der Waals surface area (Å²) < 4.78 is 5.08. The van der Waals surface area contributed by atoms with E-state index in [9.17, 15) is 4.79 Å². The normalized spacial score (nSPS) is 13.4. The first kappa shape index (κ1) is 13.0. The lowest BCUT2D eigenvalue weighted by Gasteiger charge is -2.24. The number of furan rings is 1. The Hall–Kier alpha value is -1.09. The lowest BCUT2D eigenvalue weighted by atomic mass is 10.0. The average molecular weight is 223 g/mol. The lowest BCUT2D eigenvalue weighted by molar-refractivity contribution is 0.0889. The molecule has 16 heavy (non-hydrogen) atoms. The molecule has 0 saturated heterocycles. The van der Waals surface area contributed by atoms with Crippen molar-refractivity contribution in [3.63, 3.8) is 0 Å². The fraction of sp³-hybridized carbons (Fsp3) is 0.615. The van der Waals surface area contributed by atoms with E-state index >= 15 is 0 Å². The van der Waals surface area contributed by atoms with Gasteiger partial charge >= 0.3 is 0 Å². The van der Waals surface area contributed by atoms with Crippen molar-refractivity contribution in [1.82, 2.24) is 4.90 Å². The minimum absolute atomic E-state index is 0.0445. The molecule has 0 aliphatic carbocycles. The smallest absolute Gasteiger partial charge is 0.211 e. The molecule has 3 nitrogen and oxygen atoms in total. The van der Waals surface area contributed by atoms with Crippen molar-refractivity contribution in [2.45, 2.75) is 33.2 Å². The first-order valence-corrected chi connectivity index (χ1v) is 5.77. The van der Waals surface area contributed by atoms with E-state index in [0.29, 0.717) is 24.3 Å². The predicted molar refractivity (Wildman–Crippen MR) is 64.6 cm³/mol. The number of nitrogens with zero attached hydrogens (tertiary/aromatic N) is 1. The molecule has 0 radical (unpaired) electrons. The summed E-state index contributed by atoms with van der Waals surface area (Å²) in [4.78, 5) is 13.8. The van der Waals surface area contributed by atoms with E-state index in [0.717, 1.165) is 6.42 Å². The van der Waals surface area contributed by atoms with Gasteiger partial charge in [-0.15, -0.1) is 0 Å². The van der Waals surface area contributed by atoms with Crippen molar-refractivity contribution in [1.29, 1.82) is 0 Å². The number of carbonyl (C=O) groups excluding carboxylic acids is 1. The highest BCUT2D eigenvalue weighted by Gasteiger charge is 2.16. The Morgan fingerprint density at radius 3 is 2.62 bits per heavy atom. The van der Waals surface area contributed by atoms with Crippen LogP contribution in [0.2, 0.25) is 0 Å². The molecule has 1 rings (SSSR count). The minimum Gasteiger partial charge on any atom is -0.461 e. The Kier molecular flexibility index (Phi) is 4.74. The molecule has 1 heterocycles. The number of ketones is 1. The summed E-state index contributed by atoms with van der Waals surface area (Å²) in [5.41, 5.74) is 0. The van der Waals surface area contributed by atoms with Gasteiger partial charge in [-0.05, 0) is 38.4 Å².